The molecule has 1 aromatic carbocycles. The number of rotatable bonds is 8. The molecule has 0 unspecified atom stereocenters. The molecule has 4 rings (SSSR count). The normalized spacial score (nSPS) is 14.9. The van der Waals surface area contributed by atoms with Crippen molar-refractivity contribution < 1.29 is 9.53 Å². The molecule has 6 heteroatoms. The van der Waals surface area contributed by atoms with Crippen LogP contribution in [0.15, 0.2) is 30.3 Å². The third-order valence-electron chi connectivity index (χ3n) is 6.89. The van der Waals surface area contributed by atoms with Crippen LogP contribution in [0.3, 0.4) is 0 Å². The van der Waals surface area contributed by atoms with E-state index < -0.39 is 0 Å². The zero-order valence-corrected chi connectivity index (χ0v) is 21.2. The van der Waals surface area contributed by atoms with Gasteiger partial charge in [0.15, 0.2) is 0 Å². The number of H-pyrrole nitrogens is 1. The number of carbonyl (C=O) groups excluding carboxylic acids is 1. The van der Waals surface area contributed by atoms with Crippen molar-refractivity contribution in [3.8, 4) is 11.3 Å². The summed E-state index contributed by atoms with van der Waals surface area (Å²) in [4.78, 5) is 22.8. The number of methoxy groups -OCH3 is 1. The lowest BCUT2D eigenvalue weighted by molar-refractivity contribution is -0.131. The van der Waals surface area contributed by atoms with Gasteiger partial charge in [-0.3, -0.25) is 9.78 Å². The summed E-state index contributed by atoms with van der Waals surface area (Å²) in [6, 6.07) is 11.2. The molecule has 34 heavy (non-hydrogen) atoms. The minimum absolute atomic E-state index is 0.185. The molecular weight excluding hydrogens is 424 g/mol. The lowest BCUT2D eigenvalue weighted by Crippen LogP contribution is -2.43. The predicted molar refractivity (Wildman–Crippen MR) is 138 cm³/mol. The summed E-state index contributed by atoms with van der Waals surface area (Å²) in [6.45, 7) is 12.0. The van der Waals surface area contributed by atoms with Crippen LogP contribution in [0.4, 0.5) is 0 Å². The number of benzene rings is 1. The smallest absolute Gasteiger partial charge is 0.236 e. The Hall–Kier alpha value is -2.70. The number of aryl methyl sites for hydroxylation is 2. The molecule has 0 saturated carbocycles. The second-order valence-corrected chi connectivity index (χ2v) is 9.84. The number of aromatic nitrogens is 2. The minimum Gasteiger partial charge on any atom is -0.383 e. The van der Waals surface area contributed by atoms with Crippen LogP contribution < -0.4 is 5.32 Å². The first-order chi connectivity index (χ1) is 16.4. The van der Waals surface area contributed by atoms with E-state index in [-0.39, 0.29) is 5.91 Å². The summed E-state index contributed by atoms with van der Waals surface area (Å²) in [6.07, 6.45) is 2.01. The summed E-state index contributed by atoms with van der Waals surface area (Å²) in [7, 11) is 1.67. The Bertz CT molecular complexity index is 1120. The first-order valence-corrected chi connectivity index (χ1v) is 12.5. The van der Waals surface area contributed by atoms with Gasteiger partial charge in [-0.1, -0.05) is 19.9 Å². The Labute approximate surface area is 203 Å². The summed E-state index contributed by atoms with van der Waals surface area (Å²) in [5, 5.41) is 4.48. The lowest BCUT2D eigenvalue weighted by atomic mass is 9.87. The molecular formula is C28H38N4O2. The number of ether oxygens (including phenoxy) is 1. The standard InChI is InChI=1S/C28H38N4O2/c1-18(2)27-24-16-22(21-8-11-32(12-9-21)26(33)17-29-10-13-34-5)6-7-25(24)31-28(27)23-14-19(3)30-20(4)15-23/h6-7,14-16,18,21,29,31H,8-13,17H2,1-5H3. The topological polar surface area (TPSA) is 70.2 Å². The SMILES string of the molecule is COCCNCC(=O)N1CCC(c2ccc3[nH]c(-c4cc(C)nc(C)c4)c(C(C)C)c3c2)CC1. The molecule has 0 radical (unpaired) electrons. The van der Waals surface area contributed by atoms with Gasteiger partial charge in [-0.25, -0.2) is 0 Å². The van der Waals surface area contributed by atoms with Gasteiger partial charge < -0.3 is 19.9 Å². The molecule has 3 aromatic rings. The number of carbonyl (C=O) groups is 1. The molecule has 0 atom stereocenters. The number of pyridine rings is 1. The maximum atomic E-state index is 12.5. The van der Waals surface area contributed by atoms with Gasteiger partial charge in [0.25, 0.3) is 0 Å². The van der Waals surface area contributed by atoms with Crippen LogP contribution >= 0.6 is 0 Å². The van der Waals surface area contributed by atoms with Crippen molar-refractivity contribution in [1.29, 1.82) is 0 Å². The van der Waals surface area contributed by atoms with Gasteiger partial charge >= 0.3 is 0 Å². The van der Waals surface area contributed by atoms with Crippen molar-refractivity contribution in [2.75, 3.05) is 39.9 Å². The van der Waals surface area contributed by atoms with Gasteiger partial charge in [0.2, 0.25) is 5.91 Å². The zero-order valence-electron chi connectivity index (χ0n) is 21.2. The Morgan fingerprint density at radius 1 is 1.18 bits per heavy atom. The summed E-state index contributed by atoms with van der Waals surface area (Å²) >= 11 is 0. The highest BCUT2D eigenvalue weighted by molar-refractivity contribution is 5.92. The number of nitrogens with one attached hydrogen (secondary N) is 2. The second kappa shape index (κ2) is 10.7. The molecule has 182 valence electrons. The number of piperidine rings is 1. The van der Waals surface area contributed by atoms with Crippen LogP contribution in [0, 0.1) is 13.8 Å². The average Bonchev–Trinajstić information content (AvgIpc) is 3.20. The number of fused-ring (bicyclic) bond motifs is 1. The van der Waals surface area contributed by atoms with Crippen molar-refractivity contribution in [2.24, 2.45) is 0 Å². The largest absolute Gasteiger partial charge is 0.383 e. The first kappa shape index (κ1) is 24.4. The molecule has 1 aliphatic rings. The molecule has 0 bridgehead atoms. The van der Waals surface area contributed by atoms with Crippen LogP contribution in [0.2, 0.25) is 0 Å². The van der Waals surface area contributed by atoms with E-state index >= 15 is 0 Å². The molecule has 0 spiro atoms. The van der Waals surface area contributed by atoms with Gasteiger partial charge in [-0.2, -0.15) is 0 Å². The maximum absolute atomic E-state index is 12.5. The van der Waals surface area contributed by atoms with E-state index in [4.69, 9.17) is 4.74 Å². The van der Waals surface area contributed by atoms with E-state index in [0.717, 1.165) is 37.3 Å². The van der Waals surface area contributed by atoms with E-state index in [1.807, 2.05) is 4.90 Å². The van der Waals surface area contributed by atoms with Crippen molar-refractivity contribution in [3.05, 3.63) is 52.8 Å². The van der Waals surface area contributed by atoms with Crippen molar-refractivity contribution in [3.63, 3.8) is 0 Å². The zero-order chi connectivity index (χ0) is 24.2. The van der Waals surface area contributed by atoms with Crippen LogP contribution in [0.5, 0.6) is 0 Å². The van der Waals surface area contributed by atoms with Crippen molar-refractivity contribution in [1.82, 2.24) is 20.2 Å². The number of hydrogen-bond donors (Lipinski definition) is 2. The summed E-state index contributed by atoms with van der Waals surface area (Å²) < 4.78 is 5.03. The molecule has 3 heterocycles. The van der Waals surface area contributed by atoms with Gasteiger partial charge in [0.05, 0.1) is 18.8 Å². The fourth-order valence-corrected chi connectivity index (χ4v) is 5.23. The third-order valence-corrected chi connectivity index (χ3v) is 6.89. The molecule has 1 fully saturated rings. The lowest BCUT2D eigenvalue weighted by Gasteiger charge is -2.32. The van der Waals surface area contributed by atoms with Crippen molar-refractivity contribution in [2.45, 2.75) is 52.4 Å². The fraction of sp³-hybridized carbons (Fsp3) is 0.500. The number of likely N-dealkylation sites (tertiary alicyclic amines) is 1. The molecule has 1 aliphatic heterocycles. The number of nitrogens with zero attached hydrogens (tertiary/aromatic N) is 2. The Balaban J connectivity index is 1.53. The van der Waals surface area contributed by atoms with Gasteiger partial charge in [-0.15, -0.1) is 0 Å². The van der Waals surface area contributed by atoms with Crippen LogP contribution in [-0.2, 0) is 9.53 Å². The second-order valence-electron chi connectivity index (χ2n) is 9.84. The fourth-order valence-electron chi connectivity index (χ4n) is 5.23. The molecule has 2 aromatic heterocycles. The van der Waals surface area contributed by atoms with Crippen LogP contribution in [-0.4, -0.2) is 60.7 Å². The number of amides is 1. The Morgan fingerprint density at radius 2 is 1.88 bits per heavy atom. The molecule has 1 amide bonds. The average molecular weight is 463 g/mol. The maximum Gasteiger partial charge on any atom is 0.236 e. The van der Waals surface area contributed by atoms with E-state index in [1.54, 1.807) is 7.11 Å². The van der Waals surface area contributed by atoms with Gasteiger partial charge in [0, 0.05) is 54.6 Å². The highest BCUT2D eigenvalue weighted by Crippen LogP contribution is 2.38. The molecule has 0 aliphatic carbocycles. The van der Waals surface area contributed by atoms with E-state index in [2.05, 4.69) is 73.3 Å². The first-order valence-electron chi connectivity index (χ1n) is 12.5. The molecule has 2 N–H and O–H groups in total. The summed E-state index contributed by atoms with van der Waals surface area (Å²) in [5.41, 5.74) is 8.43. The highest BCUT2D eigenvalue weighted by Gasteiger charge is 2.25. The van der Waals surface area contributed by atoms with E-state index in [1.165, 1.54) is 33.3 Å². The number of aromatic amines is 1. The van der Waals surface area contributed by atoms with Gasteiger partial charge in [-0.05, 0) is 73.9 Å². The van der Waals surface area contributed by atoms with E-state index in [9.17, 15) is 4.79 Å². The summed E-state index contributed by atoms with van der Waals surface area (Å²) in [5.74, 6) is 1.07. The monoisotopic (exact) mass is 462 g/mol. The van der Waals surface area contributed by atoms with Crippen molar-refractivity contribution >= 4 is 16.8 Å². The van der Waals surface area contributed by atoms with Crippen LogP contribution in [0.25, 0.3) is 22.2 Å². The highest BCUT2D eigenvalue weighted by atomic mass is 16.5. The third kappa shape index (κ3) is 5.34. The van der Waals surface area contributed by atoms with Gasteiger partial charge in [0.1, 0.15) is 0 Å². The van der Waals surface area contributed by atoms with E-state index in [0.29, 0.717) is 31.5 Å². The Kier molecular flexibility index (Phi) is 7.69. The molecule has 6 nitrogen and oxygen atoms in total. The predicted octanol–water partition coefficient (Wildman–Crippen LogP) is 4.91. The van der Waals surface area contributed by atoms with Crippen LogP contribution in [0.1, 0.15) is 61.0 Å². The Morgan fingerprint density at radius 3 is 2.53 bits per heavy atom. The minimum atomic E-state index is 0.185. The molecule has 1 saturated heterocycles. The quantitative estimate of drug-likeness (QED) is 0.467. The number of hydrogen-bond acceptors (Lipinski definition) is 4.